The van der Waals surface area contributed by atoms with Crippen molar-refractivity contribution in [3.05, 3.63) is 59.7 Å². The monoisotopic (exact) mass is 368 g/mol. The number of nitrogens with zero attached hydrogens (tertiary/aromatic N) is 1. The molecule has 26 heavy (non-hydrogen) atoms. The van der Waals surface area contributed by atoms with E-state index in [1.807, 2.05) is 61.7 Å². The Kier molecular flexibility index (Phi) is 5.99. The lowest BCUT2D eigenvalue weighted by atomic mass is 9.96. The Morgan fingerprint density at radius 1 is 1.15 bits per heavy atom. The minimum absolute atomic E-state index is 0.00926. The van der Waals surface area contributed by atoms with Gasteiger partial charge in [-0.15, -0.1) is 11.8 Å². The van der Waals surface area contributed by atoms with Crippen LogP contribution < -0.4 is 5.32 Å². The molecule has 0 spiro atoms. The summed E-state index contributed by atoms with van der Waals surface area (Å²) < 4.78 is 0. The molecule has 0 bridgehead atoms. The van der Waals surface area contributed by atoms with Crippen LogP contribution in [-0.2, 0) is 4.79 Å². The summed E-state index contributed by atoms with van der Waals surface area (Å²) in [6.07, 6.45) is 3.67. The zero-order chi connectivity index (χ0) is 18.5. The Morgan fingerprint density at radius 2 is 1.96 bits per heavy atom. The number of rotatable bonds is 4. The van der Waals surface area contributed by atoms with E-state index in [-0.39, 0.29) is 17.7 Å². The number of amides is 2. The van der Waals surface area contributed by atoms with Gasteiger partial charge in [0.1, 0.15) is 0 Å². The number of thioether (sulfide) groups is 1. The summed E-state index contributed by atoms with van der Waals surface area (Å²) in [6.45, 7) is 3.16. The first-order valence-corrected chi connectivity index (χ1v) is 10.1. The largest absolute Gasteiger partial charge is 0.338 e. The van der Waals surface area contributed by atoms with Gasteiger partial charge in [-0.2, -0.15) is 0 Å². The highest BCUT2D eigenvalue weighted by atomic mass is 32.2. The van der Waals surface area contributed by atoms with E-state index >= 15 is 0 Å². The normalized spacial score (nSPS) is 17.0. The van der Waals surface area contributed by atoms with E-state index in [0.29, 0.717) is 18.7 Å². The summed E-state index contributed by atoms with van der Waals surface area (Å²) in [5.41, 5.74) is 2.57. The van der Waals surface area contributed by atoms with Gasteiger partial charge in [0, 0.05) is 29.2 Å². The van der Waals surface area contributed by atoms with E-state index in [4.69, 9.17) is 0 Å². The van der Waals surface area contributed by atoms with Crippen LogP contribution in [0.4, 0.5) is 5.69 Å². The van der Waals surface area contributed by atoms with Crippen molar-refractivity contribution in [1.82, 2.24) is 4.90 Å². The molecular formula is C21H24N2O2S. The van der Waals surface area contributed by atoms with E-state index < -0.39 is 0 Å². The SMILES string of the molecule is CSc1cccc(NC(=O)C2CCCN(C(=O)c3cccc(C)c3)C2)c1. The van der Waals surface area contributed by atoms with E-state index in [2.05, 4.69) is 5.32 Å². The third kappa shape index (κ3) is 4.47. The maximum atomic E-state index is 12.8. The topological polar surface area (TPSA) is 49.4 Å². The lowest BCUT2D eigenvalue weighted by Gasteiger charge is -2.32. The second-order valence-corrected chi connectivity index (χ2v) is 7.56. The highest BCUT2D eigenvalue weighted by molar-refractivity contribution is 7.98. The van der Waals surface area contributed by atoms with E-state index in [1.54, 1.807) is 16.7 Å². The molecule has 2 aromatic rings. The summed E-state index contributed by atoms with van der Waals surface area (Å²) in [4.78, 5) is 28.3. The van der Waals surface area contributed by atoms with Gasteiger partial charge in [-0.1, -0.05) is 23.8 Å². The first-order chi connectivity index (χ1) is 12.6. The smallest absolute Gasteiger partial charge is 0.253 e. The molecule has 5 heteroatoms. The Bertz CT molecular complexity index is 806. The van der Waals surface area contributed by atoms with Crippen LogP contribution in [0.25, 0.3) is 0 Å². The molecule has 136 valence electrons. The second-order valence-electron chi connectivity index (χ2n) is 6.68. The number of nitrogens with one attached hydrogen (secondary N) is 1. The number of anilines is 1. The van der Waals surface area contributed by atoms with Crippen LogP contribution in [0, 0.1) is 12.8 Å². The second kappa shape index (κ2) is 8.41. The summed E-state index contributed by atoms with van der Waals surface area (Å²) in [5, 5.41) is 3.00. The molecule has 1 aliphatic heterocycles. The molecule has 1 N–H and O–H groups in total. The Labute approximate surface area is 159 Å². The number of piperidine rings is 1. The van der Waals surface area contributed by atoms with Crippen molar-refractivity contribution in [1.29, 1.82) is 0 Å². The molecule has 3 rings (SSSR count). The Morgan fingerprint density at radius 3 is 2.73 bits per heavy atom. The summed E-state index contributed by atoms with van der Waals surface area (Å²) in [5.74, 6) is -0.170. The highest BCUT2D eigenvalue weighted by Gasteiger charge is 2.29. The van der Waals surface area contributed by atoms with Crippen LogP contribution in [0.15, 0.2) is 53.4 Å². The molecule has 0 aromatic heterocycles. The van der Waals surface area contributed by atoms with Gasteiger partial charge in [-0.05, 0) is 56.4 Å². The zero-order valence-electron chi connectivity index (χ0n) is 15.2. The summed E-state index contributed by atoms with van der Waals surface area (Å²) in [6, 6.07) is 15.4. The maximum absolute atomic E-state index is 12.8. The van der Waals surface area contributed by atoms with Crippen molar-refractivity contribution in [3.63, 3.8) is 0 Å². The molecule has 1 heterocycles. The van der Waals surface area contributed by atoms with E-state index in [0.717, 1.165) is 29.0 Å². The van der Waals surface area contributed by atoms with Gasteiger partial charge in [0.15, 0.2) is 0 Å². The molecule has 1 saturated heterocycles. The van der Waals surface area contributed by atoms with Crippen LogP contribution in [0.2, 0.25) is 0 Å². The number of benzene rings is 2. The fourth-order valence-electron chi connectivity index (χ4n) is 3.28. The molecule has 1 atom stereocenters. The van der Waals surface area contributed by atoms with Crippen molar-refractivity contribution in [3.8, 4) is 0 Å². The third-order valence-corrected chi connectivity index (χ3v) is 5.41. The number of aryl methyl sites for hydroxylation is 1. The lowest BCUT2D eigenvalue weighted by Crippen LogP contribution is -2.43. The predicted octanol–water partition coefficient (Wildman–Crippen LogP) is 4.21. The predicted molar refractivity (Wildman–Crippen MR) is 107 cm³/mol. The molecule has 4 nitrogen and oxygen atoms in total. The fraction of sp³-hybridized carbons (Fsp3) is 0.333. The number of carbonyl (C=O) groups is 2. The highest BCUT2D eigenvalue weighted by Crippen LogP contribution is 2.23. The van der Waals surface area contributed by atoms with Gasteiger partial charge in [0.25, 0.3) is 5.91 Å². The van der Waals surface area contributed by atoms with Gasteiger partial charge in [-0.3, -0.25) is 9.59 Å². The Balaban J connectivity index is 1.65. The van der Waals surface area contributed by atoms with Crippen LogP contribution in [0.3, 0.4) is 0 Å². The van der Waals surface area contributed by atoms with Crippen LogP contribution in [-0.4, -0.2) is 36.1 Å². The molecule has 1 unspecified atom stereocenters. The van der Waals surface area contributed by atoms with Crippen LogP contribution >= 0.6 is 11.8 Å². The van der Waals surface area contributed by atoms with Gasteiger partial charge in [0.05, 0.1) is 5.92 Å². The number of carbonyl (C=O) groups excluding carboxylic acids is 2. The summed E-state index contributed by atoms with van der Waals surface area (Å²) >= 11 is 1.64. The van der Waals surface area contributed by atoms with Crippen LogP contribution in [0.1, 0.15) is 28.8 Å². The fourth-order valence-corrected chi connectivity index (χ4v) is 3.74. The standard InChI is InChI=1S/C21H24N2O2S/c1-15-6-3-7-16(12-15)21(25)23-11-5-8-17(14-23)20(24)22-18-9-4-10-19(13-18)26-2/h3-4,6-7,9-10,12-13,17H,5,8,11,14H2,1-2H3,(H,22,24). The zero-order valence-corrected chi connectivity index (χ0v) is 16.0. The van der Waals surface area contributed by atoms with Crippen molar-refractivity contribution >= 4 is 29.3 Å². The molecular weight excluding hydrogens is 344 g/mol. The minimum atomic E-state index is -0.171. The Hall–Kier alpha value is -2.27. The number of likely N-dealkylation sites (tertiary alicyclic amines) is 1. The van der Waals surface area contributed by atoms with Crippen molar-refractivity contribution < 1.29 is 9.59 Å². The molecule has 0 saturated carbocycles. The molecule has 1 aliphatic rings. The maximum Gasteiger partial charge on any atom is 0.253 e. The minimum Gasteiger partial charge on any atom is -0.338 e. The summed E-state index contributed by atoms with van der Waals surface area (Å²) in [7, 11) is 0. The van der Waals surface area contributed by atoms with Gasteiger partial charge >= 0.3 is 0 Å². The average molecular weight is 369 g/mol. The van der Waals surface area contributed by atoms with Gasteiger partial charge in [0.2, 0.25) is 5.91 Å². The number of hydrogen-bond acceptors (Lipinski definition) is 3. The average Bonchev–Trinajstić information content (AvgIpc) is 2.67. The van der Waals surface area contributed by atoms with E-state index in [1.165, 1.54) is 0 Å². The van der Waals surface area contributed by atoms with Gasteiger partial charge < -0.3 is 10.2 Å². The molecule has 0 aliphatic carbocycles. The quantitative estimate of drug-likeness (QED) is 0.823. The van der Waals surface area contributed by atoms with Crippen molar-refractivity contribution in [2.24, 2.45) is 5.92 Å². The first kappa shape index (κ1) is 18.5. The lowest BCUT2D eigenvalue weighted by molar-refractivity contribution is -0.121. The molecule has 2 aromatic carbocycles. The van der Waals surface area contributed by atoms with E-state index in [9.17, 15) is 9.59 Å². The van der Waals surface area contributed by atoms with Crippen molar-refractivity contribution in [2.45, 2.75) is 24.7 Å². The molecule has 0 radical (unpaired) electrons. The van der Waals surface area contributed by atoms with Crippen molar-refractivity contribution in [2.75, 3.05) is 24.7 Å². The van der Waals surface area contributed by atoms with Crippen LogP contribution in [0.5, 0.6) is 0 Å². The first-order valence-electron chi connectivity index (χ1n) is 8.87. The molecule has 2 amide bonds. The molecule has 1 fully saturated rings. The third-order valence-electron chi connectivity index (χ3n) is 4.68. The van der Waals surface area contributed by atoms with Gasteiger partial charge in [-0.25, -0.2) is 0 Å². The number of hydrogen-bond donors (Lipinski definition) is 1.